The second-order valence-corrected chi connectivity index (χ2v) is 8.40. The number of aryl methyl sites for hydroxylation is 1. The van der Waals surface area contributed by atoms with Crippen molar-refractivity contribution in [1.29, 1.82) is 0 Å². The summed E-state index contributed by atoms with van der Waals surface area (Å²) in [6.07, 6.45) is 1.95. The van der Waals surface area contributed by atoms with Crippen LogP contribution in [0.25, 0.3) is 0 Å². The Morgan fingerprint density at radius 1 is 1.16 bits per heavy atom. The standard InChI is InChI=1S/C22H26N2O6S/c1-14-12-16(22(27)29-3)21(31-14)23-19(25)10-11-24(15-8-9-15)20(26)13-30-18-7-5-4-6-17(18)28-2/h4-7,12,15H,8-11,13H2,1-3H3,(H,23,25). The molecule has 9 heteroatoms. The number of rotatable bonds is 10. The Labute approximate surface area is 185 Å². The van der Waals surface area contributed by atoms with E-state index in [-0.39, 0.29) is 37.4 Å². The van der Waals surface area contributed by atoms with Gasteiger partial charge in [0, 0.05) is 23.9 Å². The number of esters is 1. The Bertz CT molecular complexity index is 953. The number of ether oxygens (including phenoxy) is 3. The van der Waals surface area contributed by atoms with Gasteiger partial charge in [0.15, 0.2) is 18.1 Å². The van der Waals surface area contributed by atoms with E-state index in [1.807, 2.05) is 13.0 Å². The SMILES string of the molecule is COC(=O)c1cc(C)sc1NC(=O)CCN(C(=O)COc1ccccc1OC)C1CC1. The van der Waals surface area contributed by atoms with Crippen molar-refractivity contribution in [2.45, 2.75) is 32.2 Å². The molecule has 0 unspecified atom stereocenters. The van der Waals surface area contributed by atoms with Crippen LogP contribution in [0.3, 0.4) is 0 Å². The Morgan fingerprint density at radius 3 is 2.52 bits per heavy atom. The molecule has 2 aromatic rings. The highest BCUT2D eigenvalue weighted by Gasteiger charge is 2.33. The van der Waals surface area contributed by atoms with E-state index in [4.69, 9.17) is 14.2 Å². The van der Waals surface area contributed by atoms with Crippen LogP contribution in [0.1, 0.15) is 34.5 Å². The van der Waals surface area contributed by atoms with E-state index in [0.717, 1.165) is 17.7 Å². The molecule has 1 heterocycles. The Kier molecular flexibility index (Phi) is 7.51. The number of methoxy groups -OCH3 is 2. The number of benzene rings is 1. The van der Waals surface area contributed by atoms with Gasteiger partial charge in [0.2, 0.25) is 5.91 Å². The molecule has 166 valence electrons. The molecule has 1 N–H and O–H groups in total. The average Bonchev–Trinajstić information content (AvgIpc) is 3.54. The molecule has 31 heavy (non-hydrogen) atoms. The van der Waals surface area contributed by atoms with Gasteiger partial charge < -0.3 is 24.4 Å². The lowest BCUT2D eigenvalue weighted by Gasteiger charge is -2.22. The zero-order valence-corrected chi connectivity index (χ0v) is 18.6. The summed E-state index contributed by atoms with van der Waals surface area (Å²) in [5.41, 5.74) is 0.332. The number of nitrogens with zero attached hydrogens (tertiary/aromatic N) is 1. The predicted molar refractivity (Wildman–Crippen MR) is 117 cm³/mol. The number of para-hydroxylation sites is 2. The van der Waals surface area contributed by atoms with Crippen molar-refractivity contribution in [3.05, 3.63) is 40.8 Å². The summed E-state index contributed by atoms with van der Waals surface area (Å²) in [6.45, 7) is 2.00. The van der Waals surface area contributed by atoms with Gasteiger partial charge in [-0.3, -0.25) is 9.59 Å². The molecule has 0 radical (unpaired) electrons. The maximum absolute atomic E-state index is 12.7. The van der Waals surface area contributed by atoms with Gasteiger partial charge in [-0.05, 0) is 38.0 Å². The van der Waals surface area contributed by atoms with E-state index in [9.17, 15) is 14.4 Å². The topological polar surface area (TPSA) is 94.2 Å². The fourth-order valence-corrected chi connectivity index (χ4v) is 4.05. The summed E-state index contributed by atoms with van der Waals surface area (Å²) in [4.78, 5) is 39.7. The lowest BCUT2D eigenvalue weighted by molar-refractivity contribution is -0.134. The first-order chi connectivity index (χ1) is 14.9. The summed E-state index contributed by atoms with van der Waals surface area (Å²) < 4.78 is 15.6. The number of amides is 2. The maximum atomic E-state index is 12.7. The monoisotopic (exact) mass is 446 g/mol. The Morgan fingerprint density at radius 2 is 1.87 bits per heavy atom. The second-order valence-electron chi connectivity index (χ2n) is 7.15. The molecule has 0 saturated heterocycles. The number of carbonyl (C=O) groups is 3. The molecule has 0 atom stereocenters. The van der Waals surface area contributed by atoms with Gasteiger partial charge >= 0.3 is 5.97 Å². The summed E-state index contributed by atoms with van der Waals surface area (Å²) in [6, 6.07) is 8.95. The molecule has 1 saturated carbocycles. The van der Waals surface area contributed by atoms with E-state index in [1.54, 1.807) is 36.3 Å². The minimum Gasteiger partial charge on any atom is -0.493 e. The number of hydrogen-bond acceptors (Lipinski definition) is 7. The number of carbonyl (C=O) groups excluding carboxylic acids is 3. The summed E-state index contributed by atoms with van der Waals surface area (Å²) in [5, 5.41) is 3.22. The Balaban J connectivity index is 1.55. The fraction of sp³-hybridized carbons (Fsp3) is 0.409. The van der Waals surface area contributed by atoms with Crippen molar-refractivity contribution in [3.63, 3.8) is 0 Å². The Hall–Kier alpha value is -3.07. The van der Waals surface area contributed by atoms with E-state index in [0.29, 0.717) is 22.1 Å². The lowest BCUT2D eigenvalue weighted by Crippen LogP contribution is -2.38. The largest absolute Gasteiger partial charge is 0.493 e. The van der Waals surface area contributed by atoms with Crippen molar-refractivity contribution < 1.29 is 28.6 Å². The smallest absolute Gasteiger partial charge is 0.340 e. The van der Waals surface area contributed by atoms with Gasteiger partial charge in [0.25, 0.3) is 5.91 Å². The van der Waals surface area contributed by atoms with Gasteiger partial charge in [0.05, 0.1) is 19.8 Å². The first kappa shape index (κ1) is 22.6. The van der Waals surface area contributed by atoms with Crippen LogP contribution < -0.4 is 14.8 Å². The van der Waals surface area contributed by atoms with Crippen molar-refractivity contribution >= 4 is 34.1 Å². The number of hydrogen-bond donors (Lipinski definition) is 1. The third-order valence-electron chi connectivity index (χ3n) is 4.82. The third kappa shape index (κ3) is 5.97. The molecule has 3 rings (SSSR count). The zero-order valence-electron chi connectivity index (χ0n) is 17.8. The van der Waals surface area contributed by atoms with E-state index < -0.39 is 5.97 Å². The van der Waals surface area contributed by atoms with Crippen molar-refractivity contribution in [1.82, 2.24) is 4.90 Å². The molecule has 2 amide bonds. The minimum absolute atomic E-state index is 0.120. The number of thiophene rings is 1. The highest BCUT2D eigenvalue weighted by Crippen LogP contribution is 2.30. The van der Waals surface area contributed by atoms with Crippen LogP contribution in [0.15, 0.2) is 30.3 Å². The molecule has 1 aromatic heterocycles. The molecule has 0 bridgehead atoms. The average molecular weight is 447 g/mol. The molecule has 1 aliphatic carbocycles. The second kappa shape index (κ2) is 10.3. The first-order valence-electron chi connectivity index (χ1n) is 9.96. The zero-order chi connectivity index (χ0) is 22.4. The third-order valence-corrected chi connectivity index (χ3v) is 5.79. The summed E-state index contributed by atoms with van der Waals surface area (Å²) in [7, 11) is 2.84. The summed E-state index contributed by atoms with van der Waals surface area (Å²) in [5.74, 6) is 0.109. The van der Waals surface area contributed by atoms with Gasteiger partial charge in [-0.15, -0.1) is 11.3 Å². The maximum Gasteiger partial charge on any atom is 0.340 e. The quantitative estimate of drug-likeness (QED) is 0.563. The van der Waals surface area contributed by atoms with E-state index in [1.165, 1.54) is 18.4 Å². The lowest BCUT2D eigenvalue weighted by atomic mass is 10.3. The highest BCUT2D eigenvalue weighted by atomic mass is 32.1. The van der Waals surface area contributed by atoms with Crippen LogP contribution in [0.4, 0.5) is 5.00 Å². The van der Waals surface area contributed by atoms with Gasteiger partial charge in [-0.25, -0.2) is 4.79 Å². The van der Waals surface area contributed by atoms with Crippen LogP contribution in [-0.2, 0) is 14.3 Å². The number of nitrogens with one attached hydrogen (secondary N) is 1. The molecule has 1 aliphatic rings. The molecule has 1 fully saturated rings. The van der Waals surface area contributed by atoms with Crippen LogP contribution >= 0.6 is 11.3 Å². The fourth-order valence-electron chi connectivity index (χ4n) is 3.14. The van der Waals surface area contributed by atoms with E-state index >= 15 is 0 Å². The molecule has 0 spiro atoms. The van der Waals surface area contributed by atoms with E-state index in [2.05, 4.69) is 5.32 Å². The van der Waals surface area contributed by atoms with Crippen molar-refractivity contribution in [2.75, 3.05) is 32.7 Å². The van der Waals surface area contributed by atoms with Crippen LogP contribution in [0.2, 0.25) is 0 Å². The van der Waals surface area contributed by atoms with Crippen molar-refractivity contribution in [3.8, 4) is 11.5 Å². The minimum atomic E-state index is -0.497. The number of anilines is 1. The molecular formula is C22H26N2O6S. The van der Waals surface area contributed by atoms with Gasteiger partial charge in [-0.1, -0.05) is 12.1 Å². The van der Waals surface area contributed by atoms with Crippen molar-refractivity contribution in [2.24, 2.45) is 0 Å². The van der Waals surface area contributed by atoms with Crippen LogP contribution in [-0.4, -0.2) is 56.1 Å². The molecule has 1 aromatic carbocycles. The van der Waals surface area contributed by atoms with Gasteiger partial charge in [-0.2, -0.15) is 0 Å². The summed E-state index contributed by atoms with van der Waals surface area (Å²) >= 11 is 1.31. The predicted octanol–water partition coefficient (Wildman–Crippen LogP) is 3.25. The van der Waals surface area contributed by atoms with Crippen LogP contribution in [0.5, 0.6) is 11.5 Å². The molecule has 0 aliphatic heterocycles. The molecule has 8 nitrogen and oxygen atoms in total. The highest BCUT2D eigenvalue weighted by molar-refractivity contribution is 7.16. The van der Waals surface area contributed by atoms with Gasteiger partial charge in [0.1, 0.15) is 5.00 Å². The molecular weight excluding hydrogens is 420 g/mol. The van der Waals surface area contributed by atoms with Crippen LogP contribution in [0, 0.1) is 6.92 Å². The first-order valence-corrected chi connectivity index (χ1v) is 10.8. The normalized spacial score (nSPS) is 12.7.